The molecule has 130 valence electrons. The SMILES string of the molecule is O=C1CC2(CCCCC2)CC(=O)N1C[C@H](O)COc1ccccc1. The number of hydrogen-bond donors (Lipinski definition) is 1. The number of likely N-dealkylation sites (tertiary alicyclic amines) is 1. The zero-order chi connectivity index (χ0) is 17.0. The number of para-hydroxylation sites is 1. The van der Waals surface area contributed by atoms with Crippen LogP contribution >= 0.6 is 0 Å². The highest BCUT2D eigenvalue weighted by Gasteiger charge is 2.44. The summed E-state index contributed by atoms with van der Waals surface area (Å²) in [5.74, 6) is 0.368. The maximum Gasteiger partial charge on any atom is 0.229 e. The van der Waals surface area contributed by atoms with Crippen LogP contribution in [0.4, 0.5) is 0 Å². The van der Waals surface area contributed by atoms with Gasteiger partial charge in [0.2, 0.25) is 11.8 Å². The van der Waals surface area contributed by atoms with Crippen LogP contribution in [-0.2, 0) is 9.59 Å². The first-order chi connectivity index (χ1) is 11.6. The lowest BCUT2D eigenvalue weighted by atomic mass is 9.67. The van der Waals surface area contributed by atoms with E-state index in [1.807, 2.05) is 18.2 Å². The number of carbonyl (C=O) groups is 2. The van der Waals surface area contributed by atoms with Crippen molar-refractivity contribution in [1.82, 2.24) is 4.90 Å². The predicted octanol–water partition coefficient (Wildman–Crippen LogP) is 2.53. The predicted molar refractivity (Wildman–Crippen MR) is 89.4 cm³/mol. The molecule has 1 aliphatic carbocycles. The summed E-state index contributed by atoms with van der Waals surface area (Å²) in [6.07, 6.45) is 5.34. The normalized spacial score (nSPS) is 21.8. The van der Waals surface area contributed by atoms with E-state index in [4.69, 9.17) is 4.74 Å². The molecule has 3 rings (SSSR count). The van der Waals surface area contributed by atoms with E-state index >= 15 is 0 Å². The Bertz CT molecular complexity index is 560. The van der Waals surface area contributed by atoms with Crippen molar-refractivity contribution in [1.29, 1.82) is 0 Å². The number of aliphatic hydroxyl groups is 1. The van der Waals surface area contributed by atoms with Crippen molar-refractivity contribution in [2.24, 2.45) is 5.41 Å². The molecular weight excluding hydrogens is 306 g/mol. The van der Waals surface area contributed by atoms with Gasteiger partial charge in [0.15, 0.2) is 0 Å². The summed E-state index contributed by atoms with van der Waals surface area (Å²) < 4.78 is 5.49. The summed E-state index contributed by atoms with van der Waals surface area (Å²) >= 11 is 0. The second-order valence-corrected chi connectivity index (χ2v) is 7.09. The minimum Gasteiger partial charge on any atom is -0.491 e. The fraction of sp³-hybridized carbons (Fsp3) is 0.579. The highest BCUT2D eigenvalue weighted by atomic mass is 16.5. The number of imide groups is 1. The fourth-order valence-electron chi connectivity index (χ4n) is 3.87. The van der Waals surface area contributed by atoms with Crippen LogP contribution < -0.4 is 4.74 Å². The first-order valence-corrected chi connectivity index (χ1v) is 8.77. The monoisotopic (exact) mass is 331 g/mol. The number of nitrogens with zero attached hydrogens (tertiary/aromatic N) is 1. The van der Waals surface area contributed by atoms with Crippen molar-refractivity contribution in [2.75, 3.05) is 13.2 Å². The molecule has 1 spiro atoms. The van der Waals surface area contributed by atoms with Crippen LogP contribution in [0.5, 0.6) is 5.75 Å². The third kappa shape index (κ3) is 3.96. The topological polar surface area (TPSA) is 66.8 Å². The van der Waals surface area contributed by atoms with Gasteiger partial charge in [0.25, 0.3) is 0 Å². The molecule has 0 aromatic heterocycles. The van der Waals surface area contributed by atoms with Gasteiger partial charge in [-0.15, -0.1) is 0 Å². The molecule has 1 saturated carbocycles. The molecule has 1 N–H and O–H groups in total. The molecule has 2 aliphatic rings. The van der Waals surface area contributed by atoms with Crippen molar-refractivity contribution < 1.29 is 19.4 Å². The van der Waals surface area contributed by atoms with Crippen LogP contribution in [0, 0.1) is 5.41 Å². The summed E-state index contributed by atoms with van der Waals surface area (Å²) in [5.41, 5.74) is -0.117. The molecule has 1 heterocycles. The van der Waals surface area contributed by atoms with Crippen LogP contribution in [0.3, 0.4) is 0 Å². The van der Waals surface area contributed by atoms with Gasteiger partial charge in [0.1, 0.15) is 18.5 Å². The third-order valence-electron chi connectivity index (χ3n) is 5.15. The van der Waals surface area contributed by atoms with E-state index in [9.17, 15) is 14.7 Å². The number of benzene rings is 1. The lowest BCUT2D eigenvalue weighted by Crippen LogP contribution is -2.51. The molecule has 1 aromatic rings. The molecule has 1 aromatic carbocycles. The number of piperidine rings is 1. The third-order valence-corrected chi connectivity index (χ3v) is 5.15. The Morgan fingerprint density at radius 1 is 1.04 bits per heavy atom. The van der Waals surface area contributed by atoms with Gasteiger partial charge in [0, 0.05) is 12.8 Å². The number of amides is 2. The largest absolute Gasteiger partial charge is 0.491 e. The first-order valence-electron chi connectivity index (χ1n) is 8.77. The van der Waals surface area contributed by atoms with Crippen molar-refractivity contribution in [3.8, 4) is 5.75 Å². The van der Waals surface area contributed by atoms with Gasteiger partial charge in [-0.05, 0) is 30.4 Å². The molecule has 0 bridgehead atoms. The summed E-state index contributed by atoms with van der Waals surface area (Å²) in [7, 11) is 0. The summed E-state index contributed by atoms with van der Waals surface area (Å²) in [5, 5.41) is 10.1. The first kappa shape index (κ1) is 17.0. The molecule has 2 amide bonds. The minimum atomic E-state index is -0.876. The zero-order valence-corrected chi connectivity index (χ0v) is 13.9. The quantitative estimate of drug-likeness (QED) is 0.842. The average Bonchev–Trinajstić information content (AvgIpc) is 2.58. The minimum absolute atomic E-state index is 0.0145. The molecule has 0 unspecified atom stereocenters. The fourth-order valence-corrected chi connectivity index (χ4v) is 3.87. The van der Waals surface area contributed by atoms with Gasteiger partial charge in [-0.3, -0.25) is 14.5 Å². The van der Waals surface area contributed by atoms with Crippen molar-refractivity contribution >= 4 is 11.8 Å². The van der Waals surface area contributed by atoms with Gasteiger partial charge in [-0.2, -0.15) is 0 Å². The van der Waals surface area contributed by atoms with Crippen LogP contribution in [-0.4, -0.2) is 41.1 Å². The van der Waals surface area contributed by atoms with Crippen LogP contribution in [0.1, 0.15) is 44.9 Å². The summed E-state index contributed by atoms with van der Waals surface area (Å²) in [4.78, 5) is 26.1. The molecular formula is C19H25NO4. The van der Waals surface area contributed by atoms with Crippen LogP contribution in [0.25, 0.3) is 0 Å². The maximum absolute atomic E-state index is 12.4. The standard InChI is InChI=1S/C19H25NO4/c21-15(14-24-16-7-3-1-4-8-16)13-20-17(22)11-19(12-18(20)23)9-5-2-6-10-19/h1,3-4,7-8,15,21H,2,5-6,9-14H2/t15-/m0/s1. The van der Waals surface area contributed by atoms with E-state index in [0.717, 1.165) is 25.7 Å². The number of carbonyl (C=O) groups excluding carboxylic acids is 2. The smallest absolute Gasteiger partial charge is 0.229 e. The van der Waals surface area contributed by atoms with Gasteiger partial charge in [-0.25, -0.2) is 0 Å². The van der Waals surface area contributed by atoms with Crippen LogP contribution in [0.2, 0.25) is 0 Å². The van der Waals surface area contributed by atoms with E-state index < -0.39 is 6.10 Å². The average molecular weight is 331 g/mol. The Balaban J connectivity index is 1.53. The van der Waals surface area contributed by atoms with Gasteiger partial charge < -0.3 is 9.84 Å². The lowest BCUT2D eigenvalue weighted by Gasteiger charge is -2.42. The Labute approximate surface area is 142 Å². The molecule has 0 radical (unpaired) electrons. The van der Waals surface area contributed by atoms with Crippen molar-refractivity contribution in [2.45, 2.75) is 51.0 Å². The molecule has 1 aliphatic heterocycles. The van der Waals surface area contributed by atoms with Crippen molar-refractivity contribution in [3.05, 3.63) is 30.3 Å². The highest BCUT2D eigenvalue weighted by Crippen LogP contribution is 2.45. The zero-order valence-electron chi connectivity index (χ0n) is 13.9. The Hall–Kier alpha value is -1.88. The van der Waals surface area contributed by atoms with E-state index in [1.54, 1.807) is 12.1 Å². The second kappa shape index (κ2) is 7.34. The van der Waals surface area contributed by atoms with Gasteiger partial charge in [0.05, 0.1) is 6.54 Å². The Morgan fingerprint density at radius 3 is 2.29 bits per heavy atom. The van der Waals surface area contributed by atoms with E-state index in [0.29, 0.717) is 18.6 Å². The Morgan fingerprint density at radius 2 is 1.67 bits per heavy atom. The molecule has 1 saturated heterocycles. The van der Waals surface area contributed by atoms with Gasteiger partial charge >= 0.3 is 0 Å². The molecule has 2 fully saturated rings. The van der Waals surface area contributed by atoms with E-state index in [-0.39, 0.29) is 30.4 Å². The number of rotatable bonds is 5. The molecule has 5 heteroatoms. The molecule has 1 atom stereocenters. The lowest BCUT2D eigenvalue weighted by molar-refractivity contribution is -0.156. The van der Waals surface area contributed by atoms with Crippen LogP contribution in [0.15, 0.2) is 30.3 Å². The van der Waals surface area contributed by atoms with E-state index in [1.165, 1.54) is 11.3 Å². The molecule has 24 heavy (non-hydrogen) atoms. The number of aliphatic hydroxyl groups excluding tert-OH is 1. The van der Waals surface area contributed by atoms with Gasteiger partial charge in [-0.1, -0.05) is 37.5 Å². The van der Waals surface area contributed by atoms with Crippen molar-refractivity contribution in [3.63, 3.8) is 0 Å². The summed E-state index contributed by atoms with van der Waals surface area (Å²) in [6, 6.07) is 9.19. The second-order valence-electron chi connectivity index (χ2n) is 7.09. The maximum atomic E-state index is 12.4. The van der Waals surface area contributed by atoms with E-state index in [2.05, 4.69) is 0 Å². The molecule has 5 nitrogen and oxygen atoms in total. The summed E-state index contributed by atoms with van der Waals surface area (Å²) in [6.45, 7) is 0.0762. The number of hydrogen-bond acceptors (Lipinski definition) is 4. The Kier molecular flexibility index (Phi) is 5.19. The number of β-amino-alcohol motifs (C(OH)–C–C–N with tert-alkyl or cyclic N) is 1. The highest BCUT2D eigenvalue weighted by molar-refractivity contribution is 5.98. The number of ether oxygens (including phenoxy) is 1.